The van der Waals surface area contributed by atoms with Crippen molar-refractivity contribution in [2.24, 2.45) is 4.99 Å². The zero-order chi connectivity index (χ0) is 20.9. The standard InChI is InChI=1S/C26H27N3O2/c1-2-9-20(10-3-1)26-21-11-4-5-12-23(21)29(24-14-15-27-19-22(24)28-26)16-8-18-31-25-13-6-7-17-30-25/h1-5,9-12,14-15,19,25H,6-8,13,16-18H2. The predicted octanol–water partition coefficient (Wildman–Crippen LogP) is 5.64. The molecule has 2 aliphatic heterocycles. The number of fused-ring (bicyclic) bond motifs is 2. The Balaban J connectivity index is 1.44. The van der Waals surface area contributed by atoms with Gasteiger partial charge >= 0.3 is 0 Å². The van der Waals surface area contributed by atoms with E-state index in [0.717, 1.165) is 66.3 Å². The van der Waals surface area contributed by atoms with E-state index in [4.69, 9.17) is 14.5 Å². The molecule has 31 heavy (non-hydrogen) atoms. The van der Waals surface area contributed by atoms with Crippen LogP contribution in [0.25, 0.3) is 0 Å². The van der Waals surface area contributed by atoms with Crippen LogP contribution < -0.4 is 4.90 Å². The molecule has 1 unspecified atom stereocenters. The molecular weight excluding hydrogens is 386 g/mol. The van der Waals surface area contributed by atoms with Crippen LogP contribution in [0, 0.1) is 0 Å². The van der Waals surface area contributed by atoms with Crippen molar-refractivity contribution in [1.82, 2.24) is 4.98 Å². The maximum atomic E-state index is 5.98. The van der Waals surface area contributed by atoms with Crippen molar-refractivity contribution in [3.05, 3.63) is 84.2 Å². The molecule has 1 fully saturated rings. The van der Waals surface area contributed by atoms with E-state index >= 15 is 0 Å². The summed E-state index contributed by atoms with van der Waals surface area (Å²) in [6.45, 7) is 2.32. The van der Waals surface area contributed by atoms with Crippen molar-refractivity contribution in [2.75, 3.05) is 24.7 Å². The topological polar surface area (TPSA) is 47.0 Å². The lowest BCUT2D eigenvalue weighted by Crippen LogP contribution is -2.25. The van der Waals surface area contributed by atoms with Gasteiger partial charge in [0.05, 0.1) is 29.9 Å². The van der Waals surface area contributed by atoms with Gasteiger partial charge in [-0.15, -0.1) is 0 Å². The number of para-hydroxylation sites is 1. The monoisotopic (exact) mass is 413 g/mol. The number of hydrogen-bond acceptors (Lipinski definition) is 5. The fourth-order valence-electron chi connectivity index (χ4n) is 4.25. The van der Waals surface area contributed by atoms with Gasteiger partial charge in [-0.05, 0) is 37.8 Å². The highest BCUT2D eigenvalue weighted by Gasteiger charge is 2.23. The minimum atomic E-state index is -0.0466. The van der Waals surface area contributed by atoms with Gasteiger partial charge in [0.25, 0.3) is 0 Å². The number of rotatable bonds is 6. The summed E-state index contributed by atoms with van der Waals surface area (Å²) in [5.74, 6) is 0. The molecule has 1 atom stereocenters. The highest BCUT2D eigenvalue weighted by Crippen LogP contribution is 2.40. The Bertz CT molecular complexity index is 1050. The number of benzene rings is 2. The van der Waals surface area contributed by atoms with E-state index in [0.29, 0.717) is 6.61 Å². The smallest absolute Gasteiger partial charge is 0.157 e. The van der Waals surface area contributed by atoms with E-state index in [1.165, 1.54) is 6.42 Å². The molecule has 0 amide bonds. The summed E-state index contributed by atoms with van der Waals surface area (Å²) in [5, 5.41) is 0. The van der Waals surface area contributed by atoms with Gasteiger partial charge in [-0.25, -0.2) is 4.99 Å². The molecule has 2 aromatic carbocycles. The van der Waals surface area contributed by atoms with Gasteiger partial charge < -0.3 is 14.4 Å². The van der Waals surface area contributed by atoms with Gasteiger partial charge in [-0.1, -0.05) is 48.5 Å². The highest BCUT2D eigenvalue weighted by molar-refractivity contribution is 6.18. The van der Waals surface area contributed by atoms with E-state index in [2.05, 4.69) is 64.5 Å². The van der Waals surface area contributed by atoms with Crippen LogP contribution in [-0.2, 0) is 9.47 Å². The third-order valence-corrected chi connectivity index (χ3v) is 5.77. The van der Waals surface area contributed by atoms with E-state index in [1.807, 2.05) is 18.5 Å². The lowest BCUT2D eigenvalue weighted by atomic mass is 10.00. The molecule has 3 aromatic rings. The average molecular weight is 414 g/mol. The number of anilines is 2. The summed E-state index contributed by atoms with van der Waals surface area (Å²) in [4.78, 5) is 11.8. The normalized spacial score (nSPS) is 18.0. The van der Waals surface area contributed by atoms with Crippen molar-refractivity contribution < 1.29 is 9.47 Å². The summed E-state index contributed by atoms with van der Waals surface area (Å²) in [5.41, 5.74) is 6.31. The molecule has 1 saturated heterocycles. The molecule has 0 spiro atoms. The molecular formula is C26H27N3O2. The van der Waals surface area contributed by atoms with Crippen LogP contribution in [0.2, 0.25) is 0 Å². The molecule has 1 aromatic heterocycles. The van der Waals surface area contributed by atoms with Gasteiger partial charge in [-0.2, -0.15) is 0 Å². The molecule has 0 bridgehead atoms. The first-order chi connectivity index (χ1) is 15.4. The van der Waals surface area contributed by atoms with Crippen molar-refractivity contribution in [3.8, 4) is 0 Å². The quantitative estimate of drug-likeness (QED) is 0.491. The van der Waals surface area contributed by atoms with Crippen LogP contribution in [0.15, 0.2) is 78.0 Å². The minimum absolute atomic E-state index is 0.0466. The maximum absolute atomic E-state index is 5.98. The summed E-state index contributed by atoms with van der Waals surface area (Å²) in [7, 11) is 0. The van der Waals surface area contributed by atoms with E-state index < -0.39 is 0 Å². The fraction of sp³-hybridized carbons (Fsp3) is 0.308. The van der Waals surface area contributed by atoms with Crippen molar-refractivity contribution in [3.63, 3.8) is 0 Å². The van der Waals surface area contributed by atoms with Crippen molar-refractivity contribution >= 4 is 22.8 Å². The summed E-state index contributed by atoms with van der Waals surface area (Å²) < 4.78 is 11.7. The van der Waals surface area contributed by atoms with Crippen LogP contribution in [0.5, 0.6) is 0 Å². The molecule has 0 saturated carbocycles. The largest absolute Gasteiger partial charge is 0.353 e. The molecule has 158 valence electrons. The SMILES string of the molecule is c1ccc(C2=Nc3cnccc3N(CCCOC3CCCCO3)c3ccccc32)cc1. The Morgan fingerprint density at radius 1 is 0.968 bits per heavy atom. The summed E-state index contributed by atoms with van der Waals surface area (Å²) in [6.07, 6.45) is 7.86. The average Bonchev–Trinajstić information content (AvgIpc) is 2.98. The number of aromatic nitrogens is 1. The second-order valence-corrected chi connectivity index (χ2v) is 7.88. The van der Waals surface area contributed by atoms with Gasteiger partial charge in [0.2, 0.25) is 0 Å². The van der Waals surface area contributed by atoms with Crippen LogP contribution in [0.1, 0.15) is 36.8 Å². The fourth-order valence-corrected chi connectivity index (χ4v) is 4.25. The van der Waals surface area contributed by atoms with Crippen molar-refractivity contribution in [2.45, 2.75) is 32.0 Å². The lowest BCUT2D eigenvalue weighted by molar-refractivity contribution is -0.162. The number of pyridine rings is 1. The number of hydrogen-bond donors (Lipinski definition) is 0. The Morgan fingerprint density at radius 2 is 1.84 bits per heavy atom. The van der Waals surface area contributed by atoms with Gasteiger partial charge in [0, 0.05) is 30.5 Å². The molecule has 0 aliphatic carbocycles. The number of aliphatic imine (C=N–C) groups is 1. The third-order valence-electron chi connectivity index (χ3n) is 5.77. The third kappa shape index (κ3) is 4.38. The maximum Gasteiger partial charge on any atom is 0.157 e. The van der Waals surface area contributed by atoms with Crippen LogP contribution in [0.3, 0.4) is 0 Å². The van der Waals surface area contributed by atoms with Gasteiger partial charge in [-0.3, -0.25) is 4.98 Å². The molecule has 0 N–H and O–H groups in total. The lowest BCUT2D eigenvalue weighted by Gasteiger charge is -2.27. The van der Waals surface area contributed by atoms with Crippen molar-refractivity contribution in [1.29, 1.82) is 0 Å². The molecule has 5 heteroatoms. The van der Waals surface area contributed by atoms with Crippen LogP contribution in [0.4, 0.5) is 17.1 Å². The zero-order valence-electron chi connectivity index (χ0n) is 17.6. The zero-order valence-corrected chi connectivity index (χ0v) is 17.6. The first-order valence-corrected chi connectivity index (χ1v) is 11.1. The van der Waals surface area contributed by atoms with E-state index in [-0.39, 0.29) is 6.29 Å². The Hall–Kier alpha value is -3.02. The van der Waals surface area contributed by atoms with Gasteiger partial charge in [0.1, 0.15) is 5.69 Å². The van der Waals surface area contributed by atoms with Gasteiger partial charge in [0.15, 0.2) is 6.29 Å². The Morgan fingerprint density at radius 3 is 2.71 bits per heavy atom. The number of ether oxygens (including phenoxy) is 2. The first-order valence-electron chi connectivity index (χ1n) is 11.1. The number of nitrogens with zero attached hydrogens (tertiary/aromatic N) is 3. The Labute approximate surface area is 183 Å². The molecule has 2 aliphatic rings. The summed E-state index contributed by atoms with van der Waals surface area (Å²) in [6, 6.07) is 20.9. The molecule has 0 radical (unpaired) electrons. The molecule has 3 heterocycles. The summed E-state index contributed by atoms with van der Waals surface area (Å²) >= 11 is 0. The second kappa shape index (κ2) is 9.41. The van der Waals surface area contributed by atoms with E-state index in [1.54, 1.807) is 0 Å². The highest BCUT2D eigenvalue weighted by atomic mass is 16.7. The molecule has 5 nitrogen and oxygen atoms in total. The molecule has 5 rings (SSSR count). The predicted molar refractivity (Wildman–Crippen MR) is 124 cm³/mol. The van der Waals surface area contributed by atoms with E-state index in [9.17, 15) is 0 Å². The van der Waals surface area contributed by atoms with Crippen LogP contribution in [-0.4, -0.2) is 36.7 Å². The first kappa shape index (κ1) is 19.9. The van der Waals surface area contributed by atoms with Crippen LogP contribution >= 0.6 is 0 Å². The second-order valence-electron chi connectivity index (χ2n) is 7.88. The Kier molecular flexibility index (Phi) is 6.05. The minimum Gasteiger partial charge on any atom is -0.353 e.